The van der Waals surface area contributed by atoms with Crippen molar-refractivity contribution in [1.82, 2.24) is 0 Å². The van der Waals surface area contributed by atoms with Crippen LogP contribution in [0.2, 0.25) is 0 Å². The lowest BCUT2D eigenvalue weighted by Crippen LogP contribution is -2.20. The Bertz CT molecular complexity index is 662. The van der Waals surface area contributed by atoms with Gasteiger partial charge in [0.05, 0.1) is 19.3 Å². The van der Waals surface area contributed by atoms with Gasteiger partial charge in [0.15, 0.2) is 5.78 Å². The van der Waals surface area contributed by atoms with Gasteiger partial charge in [0, 0.05) is 17.5 Å². The standard InChI is InChI=1S/C20H22O3/c1-15(2)13-23-14-18(21)12-17-10-6-7-11-19(17)20(22)16-8-4-3-5-9-16/h3-11,18,21H,1,12-14H2,2H3. The third-order valence-corrected chi connectivity index (χ3v) is 3.41. The molecule has 3 nitrogen and oxygen atoms in total. The molecular formula is C20H22O3. The largest absolute Gasteiger partial charge is 0.390 e. The number of rotatable bonds is 8. The van der Waals surface area contributed by atoms with Crippen LogP contribution in [0.25, 0.3) is 0 Å². The zero-order chi connectivity index (χ0) is 16.7. The SMILES string of the molecule is C=C(C)COCC(O)Cc1ccccc1C(=O)c1ccccc1. The maximum absolute atomic E-state index is 12.6. The van der Waals surface area contributed by atoms with Crippen LogP contribution in [-0.2, 0) is 11.2 Å². The molecule has 2 aromatic rings. The van der Waals surface area contributed by atoms with Crippen molar-refractivity contribution in [2.75, 3.05) is 13.2 Å². The van der Waals surface area contributed by atoms with Gasteiger partial charge >= 0.3 is 0 Å². The van der Waals surface area contributed by atoms with Crippen LogP contribution in [-0.4, -0.2) is 30.2 Å². The predicted molar refractivity (Wildman–Crippen MR) is 91.7 cm³/mol. The van der Waals surface area contributed by atoms with Crippen LogP contribution in [0.5, 0.6) is 0 Å². The highest BCUT2D eigenvalue weighted by molar-refractivity contribution is 6.09. The molecule has 0 bridgehead atoms. The fourth-order valence-corrected chi connectivity index (χ4v) is 2.35. The highest BCUT2D eigenvalue weighted by atomic mass is 16.5. The van der Waals surface area contributed by atoms with Gasteiger partial charge in [-0.05, 0) is 12.5 Å². The summed E-state index contributed by atoms with van der Waals surface area (Å²) < 4.78 is 5.38. The monoisotopic (exact) mass is 310 g/mol. The van der Waals surface area contributed by atoms with E-state index in [-0.39, 0.29) is 12.4 Å². The van der Waals surface area contributed by atoms with Gasteiger partial charge < -0.3 is 9.84 Å². The van der Waals surface area contributed by atoms with Crippen molar-refractivity contribution in [3.63, 3.8) is 0 Å². The highest BCUT2D eigenvalue weighted by Gasteiger charge is 2.15. The lowest BCUT2D eigenvalue weighted by atomic mass is 9.95. The van der Waals surface area contributed by atoms with Crippen LogP contribution in [0.4, 0.5) is 0 Å². The van der Waals surface area contributed by atoms with Gasteiger partial charge in [0.25, 0.3) is 0 Å². The molecule has 23 heavy (non-hydrogen) atoms. The molecule has 3 heteroatoms. The molecule has 0 radical (unpaired) electrons. The first-order valence-corrected chi connectivity index (χ1v) is 7.65. The zero-order valence-electron chi connectivity index (χ0n) is 13.4. The summed E-state index contributed by atoms with van der Waals surface area (Å²) in [6, 6.07) is 16.5. The van der Waals surface area contributed by atoms with E-state index in [1.54, 1.807) is 18.2 Å². The Balaban J connectivity index is 2.08. The van der Waals surface area contributed by atoms with Gasteiger partial charge in [-0.3, -0.25) is 4.79 Å². The number of ether oxygens (including phenoxy) is 1. The Labute approximate surface area is 137 Å². The van der Waals surface area contributed by atoms with E-state index in [4.69, 9.17) is 4.74 Å². The topological polar surface area (TPSA) is 46.5 Å². The number of ketones is 1. The average Bonchev–Trinajstić information content (AvgIpc) is 2.55. The summed E-state index contributed by atoms with van der Waals surface area (Å²) >= 11 is 0. The molecule has 0 aliphatic rings. The maximum atomic E-state index is 12.6. The third-order valence-electron chi connectivity index (χ3n) is 3.41. The zero-order valence-corrected chi connectivity index (χ0v) is 13.4. The molecule has 0 amide bonds. The summed E-state index contributed by atoms with van der Waals surface area (Å²) in [6.07, 6.45) is -0.274. The van der Waals surface area contributed by atoms with Crippen LogP contribution in [0.3, 0.4) is 0 Å². The summed E-state index contributed by atoms with van der Waals surface area (Å²) in [5, 5.41) is 10.1. The van der Waals surface area contributed by atoms with Crippen molar-refractivity contribution in [1.29, 1.82) is 0 Å². The van der Waals surface area contributed by atoms with E-state index < -0.39 is 6.10 Å². The summed E-state index contributed by atoms with van der Waals surface area (Å²) in [5.74, 6) is -0.0312. The summed E-state index contributed by atoms with van der Waals surface area (Å²) in [4.78, 5) is 12.6. The number of benzene rings is 2. The number of aliphatic hydroxyl groups excluding tert-OH is 1. The van der Waals surface area contributed by atoms with Crippen molar-refractivity contribution in [3.05, 3.63) is 83.4 Å². The van der Waals surface area contributed by atoms with Crippen molar-refractivity contribution in [2.45, 2.75) is 19.4 Å². The molecule has 0 aliphatic carbocycles. The molecule has 0 aromatic heterocycles. The van der Waals surface area contributed by atoms with Crippen molar-refractivity contribution in [2.24, 2.45) is 0 Å². The minimum Gasteiger partial charge on any atom is -0.390 e. The summed E-state index contributed by atoms with van der Waals surface area (Å²) in [6.45, 7) is 6.29. The number of hydrogen-bond acceptors (Lipinski definition) is 3. The first-order valence-electron chi connectivity index (χ1n) is 7.65. The van der Waals surface area contributed by atoms with Crippen LogP contribution >= 0.6 is 0 Å². The first kappa shape index (κ1) is 17.1. The minimum absolute atomic E-state index is 0.0312. The van der Waals surface area contributed by atoms with E-state index in [0.717, 1.165) is 11.1 Å². The molecule has 1 unspecified atom stereocenters. The fraction of sp³-hybridized carbons (Fsp3) is 0.250. The number of carbonyl (C=O) groups is 1. The lowest BCUT2D eigenvalue weighted by Gasteiger charge is -2.14. The van der Waals surface area contributed by atoms with E-state index in [1.165, 1.54) is 0 Å². The van der Waals surface area contributed by atoms with E-state index >= 15 is 0 Å². The van der Waals surface area contributed by atoms with Crippen LogP contribution in [0.15, 0.2) is 66.7 Å². The second-order valence-corrected chi connectivity index (χ2v) is 5.68. The van der Waals surface area contributed by atoms with Crippen molar-refractivity contribution < 1.29 is 14.6 Å². The third kappa shape index (κ3) is 5.16. The fourth-order valence-electron chi connectivity index (χ4n) is 2.35. The first-order chi connectivity index (χ1) is 11.1. The van der Waals surface area contributed by atoms with Gasteiger partial charge in [-0.15, -0.1) is 0 Å². The highest BCUT2D eigenvalue weighted by Crippen LogP contribution is 2.16. The Morgan fingerprint density at radius 2 is 1.78 bits per heavy atom. The molecule has 2 aromatic carbocycles. The van der Waals surface area contributed by atoms with E-state index in [2.05, 4.69) is 6.58 Å². The smallest absolute Gasteiger partial charge is 0.193 e. The minimum atomic E-state index is -0.654. The Morgan fingerprint density at radius 3 is 2.48 bits per heavy atom. The Kier molecular flexibility index (Phi) is 6.27. The van der Waals surface area contributed by atoms with E-state index in [9.17, 15) is 9.90 Å². The van der Waals surface area contributed by atoms with E-state index in [1.807, 2.05) is 43.3 Å². The van der Waals surface area contributed by atoms with Crippen LogP contribution in [0, 0.1) is 0 Å². The maximum Gasteiger partial charge on any atom is 0.193 e. The molecule has 0 saturated carbocycles. The molecule has 2 rings (SSSR count). The molecule has 0 heterocycles. The van der Waals surface area contributed by atoms with Crippen molar-refractivity contribution >= 4 is 5.78 Å². The molecule has 0 spiro atoms. The molecule has 1 N–H and O–H groups in total. The quantitative estimate of drug-likeness (QED) is 0.600. The van der Waals surface area contributed by atoms with Gasteiger partial charge in [-0.1, -0.05) is 66.7 Å². The molecule has 0 saturated heterocycles. The lowest BCUT2D eigenvalue weighted by molar-refractivity contribution is 0.0470. The number of carbonyl (C=O) groups excluding carboxylic acids is 1. The molecule has 1 atom stereocenters. The Morgan fingerprint density at radius 1 is 1.13 bits per heavy atom. The van der Waals surface area contributed by atoms with Gasteiger partial charge in [-0.2, -0.15) is 0 Å². The average molecular weight is 310 g/mol. The number of aliphatic hydroxyl groups is 1. The molecule has 0 aliphatic heterocycles. The normalized spacial score (nSPS) is 11.9. The summed E-state index contributed by atoms with van der Waals surface area (Å²) in [7, 11) is 0. The van der Waals surface area contributed by atoms with Crippen molar-refractivity contribution in [3.8, 4) is 0 Å². The van der Waals surface area contributed by atoms with Crippen LogP contribution < -0.4 is 0 Å². The molecular weight excluding hydrogens is 288 g/mol. The van der Waals surface area contributed by atoms with Gasteiger partial charge in [-0.25, -0.2) is 0 Å². The molecule has 120 valence electrons. The second kappa shape index (κ2) is 8.42. The number of hydrogen-bond donors (Lipinski definition) is 1. The van der Waals surface area contributed by atoms with Crippen LogP contribution in [0.1, 0.15) is 28.4 Å². The molecule has 0 fully saturated rings. The predicted octanol–water partition coefficient (Wildman–Crippen LogP) is 3.41. The summed E-state index contributed by atoms with van der Waals surface area (Å²) in [5.41, 5.74) is 3.01. The second-order valence-electron chi connectivity index (χ2n) is 5.68. The van der Waals surface area contributed by atoms with Gasteiger partial charge in [0.1, 0.15) is 0 Å². The Hall–Kier alpha value is -2.23. The van der Waals surface area contributed by atoms with Gasteiger partial charge in [0.2, 0.25) is 0 Å². The van der Waals surface area contributed by atoms with E-state index in [0.29, 0.717) is 24.2 Å².